The van der Waals surface area contributed by atoms with E-state index in [1.165, 1.54) is 24.3 Å². The van der Waals surface area contributed by atoms with Gasteiger partial charge in [0.05, 0.1) is 0 Å². The van der Waals surface area contributed by atoms with E-state index in [2.05, 4.69) is 19.2 Å². The van der Waals surface area contributed by atoms with Crippen molar-refractivity contribution in [3.8, 4) is 0 Å². The molecule has 0 aliphatic carbocycles. The van der Waals surface area contributed by atoms with Crippen LogP contribution in [0.5, 0.6) is 0 Å². The highest BCUT2D eigenvalue weighted by Gasteiger charge is 2.31. The van der Waals surface area contributed by atoms with Crippen LogP contribution in [0.4, 0.5) is 10.1 Å². The molecule has 2 rings (SSSR count). The van der Waals surface area contributed by atoms with E-state index >= 15 is 0 Å². The molecule has 2 atom stereocenters. The standard InChI is InChI=1S/C20H29FN2O2/c1-14-9-15(2)13-23(12-14)19(25)11-20(3,4)10-18(24)22-17-7-5-16(21)6-8-17/h5-8,14-15H,9-13H2,1-4H3,(H,22,24)/t14-,15-/m1/s1. The average molecular weight is 348 g/mol. The Hall–Kier alpha value is -1.91. The Morgan fingerprint density at radius 1 is 1.12 bits per heavy atom. The molecule has 0 bridgehead atoms. The van der Waals surface area contributed by atoms with Crippen molar-refractivity contribution >= 4 is 17.5 Å². The maximum atomic E-state index is 12.9. The molecule has 1 aromatic rings. The van der Waals surface area contributed by atoms with Crippen LogP contribution in [-0.2, 0) is 9.59 Å². The number of hydrogen-bond donors (Lipinski definition) is 1. The molecular weight excluding hydrogens is 319 g/mol. The number of carbonyl (C=O) groups excluding carboxylic acids is 2. The zero-order valence-corrected chi connectivity index (χ0v) is 15.6. The summed E-state index contributed by atoms with van der Waals surface area (Å²) >= 11 is 0. The van der Waals surface area contributed by atoms with Gasteiger partial charge in [-0.1, -0.05) is 27.7 Å². The molecule has 0 radical (unpaired) electrons. The number of hydrogen-bond acceptors (Lipinski definition) is 2. The third-order valence-corrected chi connectivity index (χ3v) is 4.62. The second-order valence-corrected chi connectivity index (χ2v) is 8.32. The molecule has 5 heteroatoms. The maximum absolute atomic E-state index is 12.9. The van der Waals surface area contributed by atoms with Gasteiger partial charge in [-0.25, -0.2) is 4.39 Å². The van der Waals surface area contributed by atoms with Gasteiger partial charge in [0.25, 0.3) is 0 Å². The average Bonchev–Trinajstić information content (AvgIpc) is 2.47. The van der Waals surface area contributed by atoms with Gasteiger partial charge in [-0.15, -0.1) is 0 Å². The van der Waals surface area contributed by atoms with E-state index in [0.29, 0.717) is 23.9 Å². The summed E-state index contributed by atoms with van der Waals surface area (Å²) in [6.45, 7) is 9.84. The number of anilines is 1. The van der Waals surface area contributed by atoms with Gasteiger partial charge in [0.1, 0.15) is 5.82 Å². The first-order chi connectivity index (χ1) is 11.6. The highest BCUT2D eigenvalue weighted by atomic mass is 19.1. The number of piperidine rings is 1. The van der Waals surface area contributed by atoms with Gasteiger partial charge in [-0.2, -0.15) is 0 Å². The Morgan fingerprint density at radius 3 is 2.24 bits per heavy atom. The molecular formula is C20H29FN2O2. The molecule has 1 aliphatic rings. The minimum atomic E-state index is -0.425. The summed E-state index contributed by atoms with van der Waals surface area (Å²) in [6, 6.07) is 5.68. The van der Waals surface area contributed by atoms with Crippen LogP contribution in [0.25, 0.3) is 0 Å². The fourth-order valence-corrected chi connectivity index (χ4v) is 3.62. The van der Waals surface area contributed by atoms with E-state index in [9.17, 15) is 14.0 Å². The molecule has 0 spiro atoms. The SMILES string of the molecule is C[C@@H]1C[C@@H](C)CN(C(=O)CC(C)(C)CC(=O)Nc2ccc(F)cc2)C1. The minimum Gasteiger partial charge on any atom is -0.342 e. The summed E-state index contributed by atoms with van der Waals surface area (Å²) in [6.07, 6.45) is 1.76. The second kappa shape index (κ2) is 7.98. The Labute approximate surface area is 149 Å². The number of halogens is 1. The van der Waals surface area contributed by atoms with Gasteiger partial charge in [0.2, 0.25) is 11.8 Å². The van der Waals surface area contributed by atoms with Crippen LogP contribution in [0.15, 0.2) is 24.3 Å². The van der Waals surface area contributed by atoms with E-state index in [0.717, 1.165) is 19.5 Å². The predicted molar refractivity (Wildman–Crippen MR) is 97.6 cm³/mol. The number of nitrogens with one attached hydrogen (secondary N) is 1. The van der Waals surface area contributed by atoms with E-state index < -0.39 is 5.41 Å². The van der Waals surface area contributed by atoms with Crippen molar-refractivity contribution in [1.29, 1.82) is 0 Å². The topological polar surface area (TPSA) is 49.4 Å². The number of carbonyl (C=O) groups is 2. The second-order valence-electron chi connectivity index (χ2n) is 8.32. The lowest BCUT2D eigenvalue weighted by Gasteiger charge is -2.37. The maximum Gasteiger partial charge on any atom is 0.224 e. The van der Waals surface area contributed by atoms with Gasteiger partial charge in [-0.3, -0.25) is 9.59 Å². The Kier molecular flexibility index (Phi) is 6.20. The molecule has 1 heterocycles. The molecule has 25 heavy (non-hydrogen) atoms. The lowest BCUT2D eigenvalue weighted by atomic mass is 9.83. The summed E-state index contributed by atoms with van der Waals surface area (Å²) in [4.78, 5) is 26.8. The van der Waals surface area contributed by atoms with Crippen LogP contribution in [0, 0.1) is 23.1 Å². The van der Waals surface area contributed by atoms with Gasteiger partial charge in [-0.05, 0) is 47.9 Å². The number of rotatable bonds is 5. The molecule has 0 aromatic heterocycles. The summed E-state index contributed by atoms with van der Waals surface area (Å²) in [5.41, 5.74) is 0.137. The fourth-order valence-electron chi connectivity index (χ4n) is 3.62. The van der Waals surface area contributed by atoms with Crippen LogP contribution in [0.1, 0.15) is 47.0 Å². The third-order valence-electron chi connectivity index (χ3n) is 4.62. The van der Waals surface area contributed by atoms with E-state index in [4.69, 9.17) is 0 Å². The zero-order chi connectivity index (χ0) is 18.6. The van der Waals surface area contributed by atoms with Crippen molar-refractivity contribution in [2.75, 3.05) is 18.4 Å². The third kappa shape index (κ3) is 6.15. The normalized spacial score (nSPS) is 21.1. The first kappa shape index (κ1) is 19.4. The highest BCUT2D eigenvalue weighted by Crippen LogP contribution is 2.29. The van der Waals surface area contributed by atoms with Crippen molar-refractivity contribution < 1.29 is 14.0 Å². The first-order valence-electron chi connectivity index (χ1n) is 8.98. The Bertz CT molecular complexity index is 603. The Balaban J connectivity index is 1.88. The quantitative estimate of drug-likeness (QED) is 0.872. The van der Waals surface area contributed by atoms with Crippen molar-refractivity contribution in [2.45, 2.75) is 47.0 Å². The summed E-state index contributed by atoms with van der Waals surface area (Å²) in [5.74, 6) is 0.673. The summed E-state index contributed by atoms with van der Waals surface area (Å²) in [7, 11) is 0. The summed E-state index contributed by atoms with van der Waals surface area (Å²) < 4.78 is 12.9. The zero-order valence-electron chi connectivity index (χ0n) is 15.6. The summed E-state index contributed by atoms with van der Waals surface area (Å²) in [5, 5.41) is 2.76. The van der Waals surface area contributed by atoms with Gasteiger partial charge in [0, 0.05) is 31.6 Å². The number of benzene rings is 1. The van der Waals surface area contributed by atoms with Gasteiger partial charge < -0.3 is 10.2 Å². The molecule has 1 saturated heterocycles. The molecule has 1 aliphatic heterocycles. The smallest absolute Gasteiger partial charge is 0.224 e. The van der Waals surface area contributed by atoms with E-state index in [-0.39, 0.29) is 24.1 Å². The highest BCUT2D eigenvalue weighted by molar-refractivity contribution is 5.91. The molecule has 0 unspecified atom stereocenters. The predicted octanol–water partition coefficient (Wildman–Crippen LogP) is 4.08. The van der Waals surface area contributed by atoms with Crippen molar-refractivity contribution in [3.05, 3.63) is 30.1 Å². The first-order valence-corrected chi connectivity index (χ1v) is 8.98. The van der Waals surface area contributed by atoms with Crippen LogP contribution >= 0.6 is 0 Å². The van der Waals surface area contributed by atoms with Crippen LogP contribution in [0.3, 0.4) is 0 Å². The van der Waals surface area contributed by atoms with Crippen molar-refractivity contribution in [2.24, 2.45) is 17.3 Å². The lowest BCUT2D eigenvalue weighted by molar-refractivity contribution is -0.136. The number of likely N-dealkylation sites (tertiary alicyclic amines) is 1. The minimum absolute atomic E-state index is 0.123. The largest absolute Gasteiger partial charge is 0.342 e. The van der Waals surface area contributed by atoms with Crippen LogP contribution in [-0.4, -0.2) is 29.8 Å². The van der Waals surface area contributed by atoms with Gasteiger partial charge in [0.15, 0.2) is 0 Å². The molecule has 1 fully saturated rings. The number of nitrogens with zero attached hydrogens (tertiary/aromatic N) is 1. The molecule has 2 amide bonds. The molecule has 138 valence electrons. The van der Waals surface area contributed by atoms with E-state index in [1.54, 1.807) is 0 Å². The molecule has 1 aromatic carbocycles. The van der Waals surface area contributed by atoms with Crippen LogP contribution < -0.4 is 5.32 Å². The molecule has 1 N–H and O–H groups in total. The van der Waals surface area contributed by atoms with Crippen molar-refractivity contribution in [3.63, 3.8) is 0 Å². The fraction of sp³-hybridized carbons (Fsp3) is 0.600. The number of amides is 2. The molecule has 4 nitrogen and oxygen atoms in total. The monoisotopic (exact) mass is 348 g/mol. The Morgan fingerprint density at radius 2 is 1.68 bits per heavy atom. The molecule has 0 saturated carbocycles. The van der Waals surface area contributed by atoms with Crippen LogP contribution in [0.2, 0.25) is 0 Å². The van der Waals surface area contributed by atoms with Crippen molar-refractivity contribution in [1.82, 2.24) is 4.90 Å². The van der Waals surface area contributed by atoms with E-state index in [1.807, 2.05) is 18.7 Å². The lowest BCUT2D eigenvalue weighted by Crippen LogP contribution is -2.44. The van der Waals surface area contributed by atoms with Gasteiger partial charge >= 0.3 is 0 Å².